The molecular formula is C20H26N4O9S3. The van der Waals surface area contributed by atoms with E-state index >= 15 is 0 Å². The van der Waals surface area contributed by atoms with Crippen LogP contribution < -0.4 is 5.14 Å². The number of thiophene rings is 1. The highest BCUT2D eigenvalue weighted by Crippen LogP contribution is 2.42. The molecule has 0 unspecified atom stereocenters. The van der Waals surface area contributed by atoms with Crippen LogP contribution in [0.4, 0.5) is 0 Å². The molecule has 2 aromatic rings. The number of amides is 1. The molecule has 1 aromatic heterocycles. The molecule has 0 radical (unpaired) electrons. The lowest BCUT2D eigenvalue weighted by Crippen LogP contribution is -2.47. The Morgan fingerprint density at radius 2 is 2.08 bits per heavy atom. The van der Waals surface area contributed by atoms with Crippen LogP contribution in [0.25, 0.3) is 0 Å². The number of ether oxygens (including phenoxy) is 1. The standard InChI is InChI=1S/C20H26N4O9S3/c1-3-23(19(25)15-7-4-6-14(10-15)13-33-24(26)27)17-12-22(8-5-9-32-2)36(30,31)20-16(17)11-18(34-20)35(21,28)29/h4,6-7,10-11,17H,3,5,8-9,12-13H2,1-2H3,(H2,21,28,29)/t17-/m0/s1. The number of nitrogens with zero attached hydrogens (tertiary/aromatic N) is 3. The summed E-state index contributed by atoms with van der Waals surface area (Å²) < 4.78 is 56.4. The first-order valence-electron chi connectivity index (χ1n) is 10.7. The summed E-state index contributed by atoms with van der Waals surface area (Å²) in [6.07, 6.45) is 0.393. The number of hydrogen-bond donors (Lipinski definition) is 1. The van der Waals surface area contributed by atoms with Crippen molar-refractivity contribution >= 4 is 37.3 Å². The Labute approximate surface area is 212 Å². The maximum absolute atomic E-state index is 13.5. The number of rotatable bonds is 11. The molecule has 198 valence electrons. The topological polar surface area (TPSA) is 179 Å². The highest BCUT2D eigenvalue weighted by Gasteiger charge is 2.43. The quantitative estimate of drug-likeness (QED) is 0.240. The van der Waals surface area contributed by atoms with E-state index in [2.05, 4.69) is 4.84 Å². The maximum Gasteiger partial charge on any atom is 0.294 e. The molecule has 0 saturated heterocycles. The van der Waals surface area contributed by atoms with E-state index in [0.29, 0.717) is 29.9 Å². The average Bonchev–Trinajstić information content (AvgIpc) is 3.28. The van der Waals surface area contributed by atoms with Crippen LogP contribution in [0.5, 0.6) is 0 Å². The molecule has 0 saturated carbocycles. The van der Waals surface area contributed by atoms with Crippen LogP contribution in [-0.4, -0.2) is 70.4 Å². The zero-order valence-corrected chi connectivity index (χ0v) is 22.0. The number of benzene rings is 1. The molecule has 1 aliphatic rings. The van der Waals surface area contributed by atoms with Crippen molar-refractivity contribution in [1.82, 2.24) is 9.21 Å². The first-order valence-corrected chi connectivity index (χ1v) is 14.5. The van der Waals surface area contributed by atoms with Gasteiger partial charge in [0, 0.05) is 44.5 Å². The summed E-state index contributed by atoms with van der Waals surface area (Å²) in [7, 11) is -6.73. The average molecular weight is 563 g/mol. The predicted octanol–water partition coefficient (Wildman–Crippen LogP) is 1.35. The summed E-state index contributed by atoms with van der Waals surface area (Å²) in [6.45, 7) is 1.86. The van der Waals surface area contributed by atoms with Crippen LogP contribution in [-0.2, 0) is 36.2 Å². The minimum absolute atomic E-state index is 0.0937. The molecule has 1 atom stereocenters. The highest BCUT2D eigenvalue weighted by molar-refractivity contribution is 7.94. The van der Waals surface area contributed by atoms with Gasteiger partial charge in [-0.1, -0.05) is 12.1 Å². The maximum atomic E-state index is 13.5. The van der Waals surface area contributed by atoms with Crippen molar-refractivity contribution in [3.05, 3.63) is 57.1 Å². The molecule has 0 spiro atoms. The molecule has 0 fully saturated rings. The van der Waals surface area contributed by atoms with E-state index in [9.17, 15) is 31.7 Å². The van der Waals surface area contributed by atoms with Crippen molar-refractivity contribution in [3.63, 3.8) is 0 Å². The molecule has 2 heterocycles. The Bertz CT molecular complexity index is 1340. The molecule has 16 heteroatoms. The van der Waals surface area contributed by atoms with Crippen molar-refractivity contribution < 1.29 is 36.3 Å². The molecule has 13 nitrogen and oxygen atoms in total. The second-order valence-electron chi connectivity index (χ2n) is 7.87. The van der Waals surface area contributed by atoms with Crippen LogP contribution in [0, 0.1) is 10.1 Å². The summed E-state index contributed by atoms with van der Waals surface area (Å²) in [5.74, 6) is -0.462. The Hall–Kier alpha value is -2.63. The Balaban J connectivity index is 2.04. The number of carbonyl (C=O) groups is 1. The monoisotopic (exact) mass is 562 g/mol. The molecule has 3 rings (SSSR count). The van der Waals surface area contributed by atoms with Crippen LogP contribution in [0.2, 0.25) is 0 Å². The van der Waals surface area contributed by atoms with Gasteiger partial charge < -0.3 is 14.5 Å². The van der Waals surface area contributed by atoms with Crippen molar-refractivity contribution in [2.24, 2.45) is 5.14 Å². The smallest absolute Gasteiger partial charge is 0.294 e. The van der Waals surface area contributed by atoms with E-state index < -0.39 is 37.1 Å². The van der Waals surface area contributed by atoms with Crippen molar-refractivity contribution in [3.8, 4) is 0 Å². The first-order chi connectivity index (χ1) is 16.9. The number of primary sulfonamides is 1. The molecular weight excluding hydrogens is 536 g/mol. The van der Waals surface area contributed by atoms with E-state index in [4.69, 9.17) is 9.88 Å². The minimum Gasteiger partial charge on any atom is -0.385 e. The normalized spacial score (nSPS) is 17.4. The van der Waals surface area contributed by atoms with Crippen LogP contribution >= 0.6 is 11.3 Å². The Morgan fingerprint density at radius 3 is 2.69 bits per heavy atom. The zero-order chi connectivity index (χ0) is 26.7. The summed E-state index contributed by atoms with van der Waals surface area (Å²) in [4.78, 5) is 29.9. The number of hydrogen-bond acceptors (Lipinski definition) is 10. The lowest BCUT2D eigenvalue weighted by atomic mass is 10.1. The number of nitrogens with two attached hydrogens (primary N) is 1. The first kappa shape index (κ1) is 27.9. The fourth-order valence-electron chi connectivity index (χ4n) is 3.90. The van der Waals surface area contributed by atoms with Gasteiger partial charge in [0.25, 0.3) is 21.0 Å². The van der Waals surface area contributed by atoms with Gasteiger partial charge in [-0.25, -0.2) is 22.0 Å². The van der Waals surface area contributed by atoms with Crippen LogP contribution in [0.15, 0.2) is 38.8 Å². The van der Waals surface area contributed by atoms with Gasteiger partial charge in [-0.2, -0.15) is 4.31 Å². The molecule has 36 heavy (non-hydrogen) atoms. The Kier molecular flexibility index (Phi) is 8.68. The van der Waals surface area contributed by atoms with Gasteiger partial charge in [-0.15, -0.1) is 21.5 Å². The lowest BCUT2D eigenvalue weighted by Gasteiger charge is -2.38. The van der Waals surface area contributed by atoms with Gasteiger partial charge >= 0.3 is 0 Å². The molecule has 0 aliphatic carbocycles. The summed E-state index contributed by atoms with van der Waals surface area (Å²) in [5.41, 5.74) is 0.785. The Morgan fingerprint density at radius 1 is 1.36 bits per heavy atom. The van der Waals surface area contributed by atoms with E-state index in [1.54, 1.807) is 19.1 Å². The summed E-state index contributed by atoms with van der Waals surface area (Å²) in [5, 5.41) is 14.9. The van der Waals surface area contributed by atoms with Gasteiger partial charge in [-0.3, -0.25) is 4.79 Å². The second-order valence-corrected chi connectivity index (χ2v) is 12.8. The van der Waals surface area contributed by atoms with Crippen molar-refractivity contribution in [2.75, 3.05) is 33.4 Å². The molecule has 2 N–H and O–H groups in total. The lowest BCUT2D eigenvalue weighted by molar-refractivity contribution is -0.763. The largest absolute Gasteiger partial charge is 0.385 e. The third-order valence-electron chi connectivity index (χ3n) is 5.54. The number of likely N-dealkylation sites (N-methyl/N-ethyl adjacent to an activating group) is 1. The molecule has 1 aromatic carbocycles. The van der Waals surface area contributed by atoms with Crippen molar-refractivity contribution in [1.29, 1.82) is 0 Å². The predicted molar refractivity (Wildman–Crippen MR) is 129 cm³/mol. The molecule has 0 bridgehead atoms. The van der Waals surface area contributed by atoms with E-state index in [1.807, 2.05) is 0 Å². The number of methoxy groups -OCH3 is 1. The number of fused-ring (bicyclic) bond motifs is 1. The van der Waals surface area contributed by atoms with Crippen LogP contribution in [0.1, 0.15) is 40.9 Å². The van der Waals surface area contributed by atoms with Gasteiger partial charge in [0.1, 0.15) is 15.0 Å². The second kappa shape index (κ2) is 11.2. The summed E-state index contributed by atoms with van der Waals surface area (Å²) in [6, 6.07) is 6.51. The van der Waals surface area contributed by atoms with E-state index in [-0.39, 0.29) is 45.8 Å². The SMILES string of the molecule is CCN(C(=O)c1cccc(CO[N+](=O)[O-])c1)[C@H]1CN(CCCOC)S(=O)(=O)c2sc(S(N)(=O)=O)cc21. The van der Waals surface area contributed by atoms with E-state index in [1.165, 1.54) is 34.5 Å². The number of carbonyl (C=O) groups excluding carboxylic acids is 1. The third kappa shape index (κ3) is 6.01. The van der Waals surface area contributed by atoms with Gasteiger partial charge in [0.2, 0.25) is 10.0 Å². The fraction of sp³-hybridized carbons (Fsp3) is 0.450. The fourth-order valence-corrected chi connectivity index (χ4v) is 8.19. The van der Waals surface area contributed by atoms with Gasteiger partial charge in [0.05, 0.1) is 6.04 Å². The minimum atomic E-state index is -4.19. The van der Waals surface area contributed by atoms with Crippen molar-refractivity contribution in [2.45, 2.75) is 34.4 Å². The van der Waals surface area contributed by atoms with Gasteiger partial charge in [0.15, 0.2) is 0 Å². The molecule has 1 aliphatic heterocycles. The highest BCUT2D eigenvalue weighted by atomic mass is 32.3. The van der Waals surface area contributed by atoms with Gasteiger partial charge in [-0.05, 0) is 37.1 Å². The summed E-state index contributed by atoms with van der Waals surface area (Å²) >= 11 is 0.551. The number of sulfonamides is 2. The van der Waals surface area contributed by atoms with E-state index in [0.717, 1.165) is 0 Å². The van der Waals surface area contributed by atoms with Crippen LogP contribution in [0.3, 0.4) is 0 Å². The zero-order valence-electron chi connectivity index (χ0n) is 19.5. The molecule has 1 amide bonds. The third-order valence-corrected chi connectivity index (χ3v) is 10.5.